The number of hydrogen-bond acceptors (Lipinski definition) is 3. The van der Waals surface area contributed by atoms with Crippen LogP contribution in [0.15, 0.2) is 18.2 Å². The molecule has 1 aromatic carbocycles. The van der Waals surface area contributed by atoms with Gasteiger partial charge in [0, 0.05) is 25.0 Å². The molecule has 0 spiro atoms. The normalized spacial score (nSPS) is 27.6. The number of nitrogens with one attached hydrogen (secondary N) is 1. The zero-order valence-electron chi connectivity index (χ0n) is 10.9. The molecular formula is C15H21NO2. The molecule has 18 heavy (non-hydrogen) atoms. The monoisotopic (exact) mass is 247 g/mol. The van der Waals surface area contributed by atoms with Crippen LogP contribution in [0.25, 0.3) is 0 Å². The third-order valence-corrected chi connectivity index (χ3v) is 4.15. The van der Waals surface area contributed by atoms with Gasteiger partial charge in [-0.2, -0.15) is 0 Å². The summed E-state index contributed by atoms with van der Waals surface area (Å²) in [5, 5.41) is 3.43. The molecule has 2 heterocycles. The fourth-order valence-corrected chi connectivity index (χ4v) is 3.04. The Hall–Kier alpha value is -1.06. The number of ether oxygens (including phenoxy) is 2. The molecule has 0 amide bonds. The van der Waals surface area contributed by atoms with Crippen molar-refractivity contribution in [2.75, 3.05) is 33.4 Å². The molecule has 0 bridgehead atoms. The minimum absolute atomic E-state index is 0.573. The fraction of sp³-hybridized carbons (Fsp3) is 0.600. The first-order valence-electron chi connectivity index (χ1n) is 6.85. The Morgan fingerprint density at radius 1 is 1.28 bits per heavy atom. The molecular weight excluding hydrogens is 226 g/mol. The molecule has 3 heteroatoms. The molecule has 0 aliphatic carbocycles. The standard InChI is InChI=1S/C15H21NO2/c1-17-15-3-2-11(13-5-7-18-10-13)8-14(15)12-4-6-16-9-12/h2-3,8,12-13,16H,4-7,9-10H2,1H3. The summed E-state index contributed by atoms with van der Waals surface area (Å²) < 4.78 is 11.0. The van der Waals surface area contributed by atoms with E-state index in [1.54, 1.807) is 7.11 Å². The molecule has 3 nitrogen and oxygen atoms in total. The molecule has 2 aliphatic heterocycles. The minimum Gasteiger partial charge on any atom is -0.496 e. The van der Waals surface area contributed by atoms with Crippen LogP contribution < -0.4 is 10.1 Å². The van der Waals surface area contributed by atoms with Crippen molar-refractivity contribution < 1.29 is 9.47 Å². The molecule has 1 aromatic rings. The highest BCUT2D eigenvalue weighted by Crippen LogP contribution is 2.35. The lowest BCUT2D eigenvalue weighted by Gasteiger charge is -2.17. The molecule has 2 aliphatic rings. The van der Waals surface area contributed by atoms with Crippen LogP contribution >= 0.6 is 0 Å². The average molecular weight is 247 g/mol. The topological polar surface area (TPSA) is 30.5 Å². The molecule has 2 saturated heterocycles. The largest absolute Gasteiger partial charge is 0.496 e. The molecule has 2 atom stereocenters. The van der Waals surface area contributed by atoms with Crippen LogP contribution in [0.5, 0.6) is 5.75 Å². The molecule has 1 N–H and O–H groups in total. The first-order valence-corrected chi connectivity index (χ1v) is 6.85. The van der Waals surface area contributed by atoms with Crippen molar-refractivity contribution in [3.8, 4) is 5.75 Å². The van der Waals surface area contributed by atoms with Crippen LogP contribution in [0.3, 0.4) is 0 Å². The maximum atomic E-state index is 5.52. The van der Waals surface area contributed by atoms with Gasteiger partial charge >= 0.3 is 0 Å². The smallest absolute Gasteiger partial charge is 0.122 e. The van der Waals surface area contributed by atoms with Gasteiger partial charge in [-0.25, -0.2) is 0 Å². The zero-order valence-corrected chi connectivity index (χ0v) is 10.9. The predicted octanol–water partition coefficient (Wildman–Crippen LogP) is 2.28. The Balaban J connectivity index is 1.90. The molecule has 0 radical (unpaired) electrons. The second kappa shape index (κ2) is 5.29. The molecule has 0 aromatic heterocycles. The lowest BCUT2D eigenvalue weighted by atomic mass is 9.91. The lowest BCUT2D eigenvalue weighted by Crippen LogP contribution is -2.09. The van der Waals surface area contributed by atoms with Crippen LogP contribution in [0.2, 0.25) is 0 Å². The highest BCUT2D eigenvalue weighted by atomic mass is 16.5. The zero-order chi connectivity index (χ0) is 12.4. The minimum atomic E-state index is 0.573. The lowest BCUT2D eigenvalue weighted by molar-refractivity contribution is 0.194. The van der Waals surface area contributed by atoms with Crippen LogP contribution in [0.1, 0.15) is 35.8 Å². The van der Waals surface area contributed by atoms with E-state index in [2.05, 4.69) is 23.5 Å². The number of methoxy groups -OCH3 is 1. The van der Waals surface area contributed by atoms with E-state index in [1.165, 1.54) is 17.5 Å². The Kier molecular flexibility index (Phi) is 3.52. The summed E-state index contributed by atoms with van der Waals surface area (Å²) in [5.74, 6) is 2.21. The van der Waals surface area contributed by atoms with Crippen LogP contribution in [-0.2, 0) is 4.74 Å². The second-order valence-corrected chi connectivity index (χ2v) is 5.25. The molecule has 3 rings (SSSR count). The average Bonchev–Trinajstić information content (AvgIpc) is 3.11. The Morgan fingerprint density at radius 3 is 2.89 bits per heavy atom. The van der Waals surface area contributed by atoms with Crippen molar-refractivity contribution in [3.63, 3.8) is 0 Å². The highest BCUT2D eigenvalue weighted by Gasteiger charge is 2.23. The Bertz CT molecular complexity index is 407. The summed E-state index contributed by atoms with van der Waals surface area (Å²) >= 11 is 0. The Morgan fingerprint density at radius 2 is 2.22 bits per heavy atom. The van der Waals surface area contributed by atoms with Gasteiger partial charge in [-0.3, -0.25) is 0 Å². The van der Waals surface area contributed by atoms with Crippen LogP contribution in [0, 0.1) is 0 Å². The first kappa shape index (κ1) is 12.0. The van der Waals surface area contributed by atoms with Crippen LogP contribution in [0.4, 0.5) is 0 Å². The maximum Gasteiger partial charge on any atom is 0.122 e. The van der Waals surface area contributed by atoms with Crippen molar-refractivity contribution in [1.29, 1.82) is 0 Å². The highest BCUT2D eigenvalue weighted by molar-refractivity contribution is 5.41. The van der Waals surface area contributed by atoms with Crippen molar-refractivity contribution in [3.05, 3.63) is 29.3 Å². The SMILES string of the molecule is COc1ccc(C2CCOC2)cc1C1CCNC1. The van der Waals surface area contributed by atoms with Crippen molar-refractivity contribution in [1.82, 2.24) is 5.32 Å². The van der Waals surface area contributed by atoms with E-state index >= 15 is 0 Å². The quantitative estimate of drug-likeness (QED) is 0.889. The number of hydrogen-bond donors (Lipinski definition) is 1. The van der Waals surface area contributed by atoms with Gasteiger partial charge in [0.25, 0.3) is 0 Å². The van der Waals surface area contributed by atoms with Gasteiger partial charge in [0.1, 0.15) is 5.75 Å². The van der Waals surface area contributed by atoms with Gasteiger partial charge in [-0.05, 0) is 36.6 Å². The summed E-state index contributed by atoms with van der Waals surface area (Å²) in [6, 6.07) is 6.67. The predicted molar refractivity (Wildman–Crippen MR) is 71.4 cm³/mol. The second-order valence-electron chi connectivity index (χ2n) is 5.25. The number of benzene rings is 1. The summed E-state index contributed by atoms with van der Waals surface area (Å²) in [6.45, 7) is 3.96. The van der Waals surface area contributed by atoms with Crippen LogP contribution in [-0.4, -0.2) is 33.4 Å². The van der Waals surface area contributed by atoms with E-state index in [1.807, 2.05) is 0 Å². The first-order chi connectivity index (χ1) is 8.88. The molecule has 2 fully saturated rings. The van der Waals surface area contributed by atoms with Crippen molar-refractivity contribution in [2.24, 2.45) is 0 Å². The van der Waals surface area contributed by atoms with E-state index in [4.69, 9.17) is 9.47 Å². The summed E-state index contributed by atoms with van der Waals surface area (Å²) in [7, 11) is 1.76. The van der Waals surface area contributed by atoms with Crippen molar-refractivity contribution >= 4 is 0 Å². The van der Waals surface area contributed by atoms with Gasteiger partial charge in [0.2, 0.25) is 0 Å². The van der Waals surface area contributed by atoms with E-state index < -0.39 is 0 Å². The third-order valence-electron chi connectivity index (χ3n) is 4.15. The van der Waals surface area contributed by atoms with Crippen molar-refractivity contribution in [2.45, 2.75) is 24.7 Å². The van der Waals surface area contributed by atoms with Gasteiger partial charge in [-0.15, -0.1) is 0 Å². The maximum absolute atomic E-state index is 5.52. The number of rotatable bonds is 3. The van der Waals surface area contributed by atoms with E-state index in [0.29, 0.717) is 11.8 Å². The van der Waals surface area contributed by atoms with Gasteiger partial charge in [0.05, 0.1) is 13.7 Å². The molecule has 98 valence electrons. The summed E-state index contributed by atoms with van der Waals surface area (Å²) in [5.41, 5.74) is 2.78. The van der Waals surface area contributed by atoms with E-state index in [0.717, 1.165) is 38.5 Å². The van der Waals surface area contributed by atoms with Gasteiger partial charge < -0.3 is 14.8 Å². The molecule has 2 unspecified atom stereocenters. The summed E-state index contributed by atoms with van der Waals surface area (Å²) in [6.07, 6.45) is 2.36. The van der Waals surface area contributed by atoms with Gasteiger partial charge in [0.15, 0.2) is 0 Å². The van der Waals surface area contributed by atoms with E-state index in [-0.39, 0.29) is 0 Å². The fourth-order valence-electron chi connectivity index (χ4n) is 3.04. The Labute approximate surface area is 108 Å². The van der Waals surface area contributed by atoms with Gasteiger partial charge in [-0.1, -0.05) is 12.1 Å². The van der Waals surface area contributed by atoms with E-state index in [9.17, 15) is 0 Å². The summed E-state index contributed by atoms with van der Waals surface area (Å²) in [4.78, 5) is 0. The molecule has 0 saturated carbocycles. The third kappa shape index (κ3) is 2.25.